The van der Waals surface area contributed by atoms with E-state index < -0.39 is 17.2 Å². The monoisotopic (exact) mass is 269 g/mol. The predicted molar refractivity (Wildman–Crippen MR) is 70.5 cm³/mol. The quantitative estimate of drug-likeness (QED) is 0.795. The van der Waals surface area contributed by atoms with Gasteiger partial charge in [0.25, 0.3) is 0 Å². The minimum atomic E-state index is -0.899. The summed E-state index contributed by atoms with van der Waals surface area (Å²) in [5.74, 6) is -1.31. The molecule has 0 unspecified atom stereocenters. The van der Waals surface area contributed by atoms with Crippen molar-refractivity contribution in [3.05, 3.63) is 17.8 Å². The first-order valence-electron chi connectivity index (χ1n) is 6.47. The van der Waals surface area contributed by atoms with Crippen molar-refractivity contribution >= 4 is 11.8 Å². The maximum Gasteiger partial charge on any atom is 0.311 e. The van der Waals surface area contributed by atoms with Crippen molar-refractivity contribution in [3.8, 4) is 0 Å². The van der Waals surface area contributed by atoms with Gasteiger partial charge in [0.05, 0.1) is 11.1 Å². The molecule has 1 aromatic rings. The Bertz CT molecular complexity index is 448. The van der Waals surface area contributed by atoms with Gasteiger partial charge in [0, 0.05) is 6.54 Å². The Hall–Kier alpha value is -1.72. The van der Waals surface area contributed by atoms with Gasteiger partial charge in [-0.3, -0.25) is 4.79 Å². The lowest BCUT2D eigenvalue weighted by molar-refractivity contribution is -0.148. The van der Waals surface area contributed by atoms with Crippen molar-refractivity contribution in [1.29, 1.82) is 0 Å². The second-order valence-corrected chi connectivity index (χ2v) is 4.48. The number of aliphatic carboxylic acids is 1. The third kappa shape index (κ3) is 3.19. The molecule has 2 N–H and O–H groups in total. The third-order valence-corrected chi connectivity index (χ3v) is 3.60. The molecular weight excluding hydrogens is 249 g/mol. The number of halogens is 1. The molecule has 0 aliphatic rings. The number of aryl methyl sites for hydroxylation is 1. The molecule has 0 aliphatic carbocycles. The largest absolute Gasteiger partial charge is 0.481 e. The van der Waals surface area contributed by atoms with Gasteiger partial charge in [-0.25, -0.2) is 14.4 Å². The normalized spacial score (nSPS) is 11.4. The van der Waals surface area contributed by atoms with Gasteiger partial charge in [0.15, 0.2) is 11.6 Å². The van der Waals surface area contributed by atoms with Crippen LogP contribution in [0.25, 0.3) is 0 Å². The first-order chi connectivity index (χ1) is 9.00. The topological polar surface area (TPSA) is 75.1 Å². The summed E-state index contributed by atoms with van der Waals surface area (Å²) in [6.45, 7) is 5.57. The van der Waals surface area contributed by atoms with Crippen LogP contribution in [0.2, 0.25) is 0 Å². The summed E-state index contributed by atoms with van der Waals surface area (Å²) in [5.41, 5.74) is -0.574. The Morgan fingerprint density at radius 3 is 2.47 bits per heavy atom. The predicted octanol–water partition coefficient (Wildman–Crippen LogP) is 2.48. The van der Waals surface area contributed by atoms with Gasteiger partial charge in [-0.05, 0) is 19.3 Å². The highest BCUT2D eigenvalue weighted by molar-refractivity contribution is 5.75. The number of hydrogen-bond acceptors (Lipinski definition) is 4. The van der Waals surface area contributed by atoms with E-state index in [1.54, 1.807) is 6.92 Å². The summed E-state index contributed by atoms with van der Waals surface area (Å²) in [5, 5.41) is 12.1. The molecule has 0 saturated heterocycles. The van der Waals surface area contributed by atoms with E-state index in [4.69, 9.17) is 0 Å². The number of rotatable bonds is 7. The van der Waals surface area contributed by atoms with Crippen LogP contribution in [0.1, 0.15) is 39.3 Å². The zero-order chi connectivity index (χ0) is 14.5. The number of anilines is 1. The number of nitrogens with zero attached hydrogens (tertiary/aromatic N) is 2. The molecule has 0 amide bonds. The Labute approximate surface area is 112 Å². The van der Waals surface area contributed by atoms with Crippen molar-refractivity contribution in [3.63, 3.8) is 0 Å². The minimum absolute atomic E-state index is 0.0689. The minimum Gasteiger partial charge on any atom is -0.481 e. The average Bonchev–Trinajstić information content (AvgIpc) is 2.41. The smallest absolute Gasteiger partial charge is 0.311 e. The van der Waals surface area contributed by atoms with Gasteiger partial charge in [0.2, 0.25) is 0 Å². The maximum atomic E-state index is 13.9. The summed E-state index contributed by atoms with van der Waals surface area (Å²) in [6, 6.07) is 0. The van der Waals surface area contributed by atoms with Crippen LogP contribution >= 0.6 is 0 Å². The molecule has 1 heterocycles. The lowest BCUT2D eigenvalue weighted by Crippen LogP contribution is -2.37. The number of carboxylic acid groups (broad SMARTS) is 1. The fourth-order valence-electron chi connectivity index (χ4n) is 1.91. The molecule has 0 spiro atoms. The van der Waals surface area contributed by atoms with Crippen molar-refractivity contribution < 1.29 is 14.3 Å². The highest BCUT2D eigenvalue weighted by Crippen LogP contribution is 2.27. The zero-order valence-corrected chi connectivity index (χ0v) is 11.5. The zero-order valence-electron chi connectivity index (χ0n) is 11.5. The van der Waals surface area contributed by atoms with E-state index in [2.05, 4.69) is 15.3 Å². The van der Waals surface area contributed by atoms with Crippen molar-refractivity contribution in [1.82, 2.24) is 9.97 Å². The Kier molecular flexibility index (Phi) is 5.20. The fraction of sp³-hybridized carbons (Fsp3) is 0.615. The summed E-state index contributed by atoms with van der Waals surface area (Å²) < 4.78 is 13.9. The standard InChI is InChI=1S/C13H20FN3O2/c1-4-9-10(14)11(17-8-16-9)15-7-13(5-2,6-3)12(18)19/h8H,4-7H2,1-3H3,(H,18,19)(H,15,16,17). The lowest BCUT2D eigenvalue weighted by atomic mass is 9.82. The molecule has 19 heavy (non-hydrogen) atoms. The highest BCUT2D eigenvalue weighted by Gasteiger charge is 2.35. The van der Waals surface area contributed by atoms with E-state index in [0.717, 1.165) is 0 Å². The number of nitrogens with one attached hydrogen (secondary N) is 1. The summed E-state index contributed by atoms with van der Waals surface area (Å²) >= 11 is 0. The van der Waals surface area contributed by atoms with Gasteiger partial charge in [0.1, 0.15) is 6.33 Å². The van der Waals surface area contributed by atoms with E-state index in [0.29, 0.717) is 25.0 Å². The van der Waals surface area contributed by atoms with Crippen molar-refractivity contribution in [2.45, 2.75) is 40.0 Å². The van der Waals surface area contributed by atoms with Crippen LogP contribution in [0.5, 0.6) is 0 Å². The van der Waals surface area contributed by atoms with Crippen LogP contribution < -0.4 is 5.32 Å². The molecule has 0 fully saturated rings. The van der Waals surface area contributed by atoms with E-state index >= 15 is 0 Å². The molecule has 0 atom stereocenters. The van der Waals surface area contributed by atoms with Crippen molar-refractivity contribution in [2.75, 3.05) is 11.9 Å². The van der Waals surface area contributed by atoms with Gasteiger partial charge in [-0.15, -0.1) is 0 Å². The van der Waals surface area contributed by atoms with Crippen LogP contribution in [-0.2, 0) is 11.2 Å². The van der Waals surface area contributed by atoms with E-state index in [1.165, 1.54) is 6.33 Å². The SMILES string of the molecule is CCc1ncnc(NCC(CC)(CC)C(=O)O)c1F. The molecule has 1 aromatic heterocycles. The second kappa shape index (κ2) is 6.45. The summed E-state index contributed by atoms with van der Waals surface area (Å²) in [7, 11) is 0. The Balaban J connectivity index is 2.89. The first-order valence-corrected chi connectivity index (χ1v) is 6.47. The molecule has 0 aliphatic heterocycles. The molecule has 0 aromatic carbocycles. The molecule has 0 bridgehead atoms. The number of carbonyl (C=O) groups is 1. The van der Waals surface area contributed by atoms with Crippen LogP contribution in [0.4, 0.5) is 10.2 Å². The van der Waals surface area contributed by atoms with E-state index in [9.17, 15) is 14.3 Å². The molecular formula is C13H20FN3O2. The number of carboxylic acids is 1. The summed E-state index contributed by atoms with van der Waals surface area (Å²) in [4.78, 5) is 19.0. The average molecular weight is 269 g/mol. The maximum absolute atomic E-state index is 13.9. The van der Waals surface area contributed by atoms with E-state index in [1.807, 2.05) is 13.8 Å². The highest BCUT2D eigenvalue weighted by atomic mass is 19.1. The molecule has 0 saturated carbocycles. The van der Waals surface area contributed by atoms with Crippen LogP contribution in [-0.4, -0.2) is 27.6 Å². The first kappa shape index (κ1) is 15.3. The Morgan fingerprint density at radius 1 is 1.37 bits per heavy atom. The molecule has 0 radical (unpaired) electrons. The number of hydrogen-bond donors (Lipinski definition) is 2. The van der Waals surface area contributed by atoms with Crippen LogP contribution in [0.15, 0.2) is 6.33 Å². The number of aromatic nitrogens is 2. The van der Waals surface area contributed by atoms with Crippen LogP contribution in [0, 0.1) is 11.2 Å². The third-order valence-electron chi connectivity index (χ3n) is 3.60. The Morgan fingerprint density at radius 2 is 2.00 bits per heavy atom. The molecule has 106 valence electrons. The van der Waals surface area contributed by atoms with Gasteiger partial charge >= 0.3 is 5.97 Å². The lowest BCUT2D eigenvalue weighted by Gasteiger charge is -2.27. The summed E-state index contributed by atoms with van der Waals surface area (Å²) in [6.07, 6.45) is 2.69. The van der Waals surface area contributed by atoms with Gasteiger partial charge < -0.3 is 10.4 Å². The van der Waals surface area contributed by atoms with Gasteiger partial charge in [-0.1, -0.05) is 20.8 Å². The molecule has 6 heteroatoms. The molecule has 1 rings (SSSR count). The molecule has 5 nitrogen and oxygen atoms in total. The van der Waals surface area contributed by atoms with Gasteiger partial charge in [-0.2, -0.15) is 0 Å². The van der Waals surface area contributed by atoms with Crippen LogP contribution in [0.3, 0.4) is 0 Å². The second-order valence-electron chi connectivity index (χ2n) is 4.48. The van der Waals surface area contributed by atoms with Crippen molar-refractivity contribution in [2.24, 2.45) is 5.41 Å². The fourth-order valence-corrected chi connectivity index (χ4v) is 1.91. The van der Waals surface area contributed by atoms with E-state index in [-0.39, 0.29) is 12.4 Å².